The van der Waals surface area contributed by atoms with E-state index in [2.05, 4.69) is 15.9 Å². The highest BCUT2D eigenvalue weighted by Gasteiger charge is 2.13. The van der Waals surface area contributed by atoms with E-state index in [1.54, 1.807) is 5.32 Å². The van der Waals surface area contributed by atoms with Crippen LogP contribution in [-0.2, 0) is 0 Å². The molecule has 1 heterocycles. The van der Waals surface area contributed by atoms with Gasteiger partial charge in [0, 0.05) is 10.7 Å². The molecule has 0 bridgehead atoms. The fourth-order valence-corrected chi connectivity index (χ4v) is 1.37. The van der Waals surface area contributed by atoms with Gasteiger partial charge in [-0.1, -0.05) is 0 Å². The summed E-state index contributed by atoms with van der Waals surface area (Å²) in [6.07, 6.45) is -0.619. The second kappa shape index (κ2) is 4.39. The smallest absolute Gasteiger partial charge is 0.409 e. The average Bonchev–Trinajstić information content (AvgIpc) is 2.09. The molecular weight excluding hydrogens is 278 g/mol. The van der Waals surface area contributed by atoms with Gasteiger partial charge < -0.3 is 5.11 Å². The largest absolute Gasteiger partial charge is 0.465 e. The molecule has 0 saturated carbocycles. The topological polar surface area (TPSA) is 71.3 Å². The molecule has 1 aromatic rings. The Labute approximate surface area is 90.5 Å². The summed E-state index contributed by atoms with van der Waals surface area (Å²) in [4.78, 5) is 21.5. The van der Waals surface area contributed by atoms with Crippen LogP contribution in [0.15, 0.2) is 21.5 Å². The quantitative estimate of drug-likeness (QED) is 0.873. The van der Waals surface area contributed by atoms with E-state index in [4.69, 9.17) is 5.11 Å². The third-order valence-corrected chi connectivity index (χ3v) is 1.90. The Balaban J connectivity index is 3.28. The summed E-state index contributed by atoms with van der Waals surface area (Å²) in [5, 5.41) is 10.1. The van der Waals surface area contributed by atoms with E-state index in [1.165, 1.54) is 0 Å². The highest BCUT2D eigenvalue weighted by Crippen LogP contribution is 2.16. The van der Waals surface area contributed by atoms with Crippen LogP contribution in [0.25, 0.3) is 0 Å². The molecule has 0 aliphatic rings. The minimum Gasteiger partial charge on any atom is -0.465 e. The molecule has 8 heteroatoms. The second-order valence-electron chi connectivity index (χ2n) is 2.49. The van der Waals surface area contributed by atoms with Crippen LogP contribution in [0.3, 0.4) is 0 Å². The van der Waals surface area contributed by atoms with Crippen molar-refractivity contribution in [3.05, 3.63) is 27.1 Å². The van der Waals surface area contributed by atoms with Gasteiger partial charge in [0.2, 0.25) is 0 Å². The van der Waals surface area contributed by atoms with Crippen LogP contribution < -0.4 is 10.9 Å². The monoisotopic (exact) mass is 282 g/mol. The summed E-state index contributed by atoms with van der Waals surface area (Å²) in [5.41, 5.74) is -1.53. The zero-order valence-electron chi connectivity index (χ0n) is 7.08. The van der Waals surface area contributed by atoms with Crippen LogP contribution in [0.4, 0.5) is 19.3 Å². The van der Waals surface area contributed by atoms with Crippen molar-refractivity contribution >= 4 is 27.7 Å². The zero-order valence-corrected chi connectivity index (χ0v) is 8.66. The maximum atomic E-state index is 12.3. The van der Waals surface area contributed by atoms with E-state index in [1.807, 2.05) is 0 Å². The molecule has 15 heavy (non-hydrogen) atoms. The van der Waals surface area contributed by atoms with E-state index in [0.29, 0.717) is 0 Å². The normalized spacial score (nSPS) is 10.4. The van der Waals surface area contributed by atoms with Crippen molar-refractivity contribution in [1.29, 1.82) is 0 Å². The van der Waals surface area contributed by atoms with Gasteiger partial charge in [-0.15, -0.1) is 0 Å². The van der Waals surface area contributed by atoms with Gasteiger partial charge >= 0.3 is 12.6 Å². The predicted molar refractivity (Wildman–Crippen MR) is 51.3 cm³/mol. The molecule has 0 atom stereocenters. The molecule has 1 rings (SSSR count). The first-order valence-corrected chi connectivity index (χ1v) is 4.41. The number of nitrogens with zero attached hydrogens (tertiary/aromatic N) is 1. The Kier molecular flexibility index (Phi) is 3.40. The number of carboxylic acid groups (broad SMARTS) is 1. The summed E-state index contributed by atoms with van der Waals surface area (Å²) in [7, 11) is 0. The number of halogens is 3. The van der Waals surface area contributed by atoms with Gasteiger partial charge in [0.15, 0.2) is 0 Å². The van der Waals surface area contributed by atoms with Gasteiger partial charge in [-0.3, -0.25) is 14.7 Å². The number of alkyl halides is 2. The lowest BCUT2D eigenvalue weighted by atomic mass is 10.4. The molecule has 0 unspecified atom stereocenters. The van der Waals surface area contributed by atoms with Crippen LogP contribution >= 0.6 is 15.9 Å². The van der Waals surface area contributed by atoms with Crippen LogP contribution in [0, 0.1) is 0 Å². The number of hydrogen-bond acceptors (Lipinski definition) is 2. The van der Waals surface area contributed by atoms with E-state index in [-0.39, 0.29) is 9.04 Å². The summed E-state index contributed by atoms with van der Waals surface area (Å²) in [6, 6.07) is 1.11. The molecule has 0 saturated heterocycles. The van der Waals surface area contributed by atoms with Crippen molar-refractivity contribution in [2.24, 2.45) is 0 Å². The molecule has 0 aromatic carbocycles. The molecule has 0 aliphatic carbocycles. The van der Waals surface area contributed by atoms with Gasteiger partial charge in [-0.2, -0.15) is 8.78 Å². The van der Waals surface area contributed by atoms with Crippen molar-refractivity contribution in [1.82, 2.24) is 4.57 Å². The van der Waals surface area contributed by atoms with Crippen LogP contribution in [0.5, 0.6) is 0 Å². The van der Waals surface area contributed by atoms with Crippen molar-refractivity contribution in [2.45, 2.75) is 6.55 Å². The Morgan fingerprint density at radius 2 is 2.20 bits per heavy atom. The first-order valence-electron chi connectivity index (χ1n) is 3.61. The van der Waals surface area contributed by atoms with Crippen LogP contribution in [0.2, 0.25) is 0 Å². The summed E-state index contributed by atoms with van der Waals surface area (Å²) in [5.74, 6) is 0. The van der Waals surface area contributed by atoms with E-state index in [0.717, 1.165) is 12.3 Å². The molecule has 0 radical (unpaired) electrons. The number of nitrogens with one attached hydrogen (secondary N) is 1. The van der Waals surface area contributed by atoms with Gasteiger partial charge in [0.25, 0.3) is 5.56 Å². The standard InChI is InChI=1S/C7H5BrF2N2O3/c8-3-1-4(11-7(14)15)5(13)12(2-3)6(9)10/h1-2,6,11H,(H,14,15). The predicted octanol–water partition coefficient (Wildman–Crippen LogP) is 2.10. The Hall–Kier alpha value is -1.44. The maximum Gasteiger partial charge on any atom is 0.409 e. The number of anilines is 1. The number of pyridine rings is 1. The highest BCUT2D eigenvalue weighted by atomic mass is 79.9. The molecule has 0 aliphatic heterocycles. The molecule has 5 nitrogen and oxygen atoms in total. The van der Waals surface area contributed by atoms with Gasteiger partial charge in [-0.25, -0.2) is 4.79 Å². The molecule has 0 fully saturated rings. The first-order chi connectivity index (χ1) is 6.91. The van der Waals surface area contributed by atoms with Crippen molar-refractivity contribution in [3.8, 4) is 0 Å². The van der Waals surface area contributed by atoms with Gasteiger partial charge in [0.05, 0.1) is 0 Å². The minimum absolute atomic E-state index is 0.120. The number of hydrogen-bond donors (Lipinski definition) is 2. The summed E-state index contributed by atoms with van der Waals surface area (Å²) < 4.78 is 24.9. The zero-order chi connectivity index (χ0) is 11.6. The van der Waals surface area contributed by atoms with E-state index >= 15 is 0 Å². The van der Waals surface area contributed by atoms with Crippen molar-refractivity contribution < 1.29 is 18.7 Å². The number of rotatable bonds is 2. The summed E-state index contributed by atoms with van der Waals surface area (Å²) in [6.45, 7) is -3.02. The van der Waals surface area contributed by atoms with Gasteiger partial charge in [0.1, 0.15) is 5.69 Å². The maximum absolute atomic E-state index is 12.3. The van der Waals surface area contributed by atoms with Crippen molar-refractivity contribution in [2.75, 3.05) is 5.32 Å². The minimum atomic E-state index is -3.02. The summed E-state index contributed by atoms with van der Waals surface area (Å²) >= 11 is 2.88. The lowest BCUT2D eigenvalue weighted by Crippen LogP contribution is -2.25. The first kappa shape index (κ1) is 11.6. The van der Waals surface area contributed by atoms with Crippen LogP contribution in [-0.4, -0.2) is 15.8 Å². The molecule has 1 aromatic heterocycles. The Morgan fingerprint density at radius 3 is 2.67 bits per heavy atom. The number of carbonyl (C=O) groups is 1. The Bertz CT molecular complexity index is 446. The molecule has 2 N–H and O–H groups in total. The average molecular weight is 283 g/mol. The van der Waals surface area contributed by atoms with Crippen molar-refractivity contribution in [3.63, 3.8) is 0 Å². The SMILES string of the molecule is O=C(O)Nc1cc(Br)cn(C(F)F)c1=O. The van der Waals surface area contributed by atoms with Crippen LogP contribution in [0.1, 0.15) is 6.55 Å². The lowest BCUT2D eigenvalue weighted by molar-refractivity contribution is 0.0663. The highest BCUT2D eigenvalue weighted by molar-refractivity contribution is 9.10. The van der Waals surface area contributed by atoms with E-state index < -0.39 is 23.9 Å². The van der Waals surface area contributed by atoms with E-state index in [9.17, 15) is 18.4 Å². The third kappa shape index (κ3) is 2.75. The fraction of sp³-hybridized carbons (Fsp3) is 0.143. The molecule has 1 amide bonds. The second-order valence-corrected chi connectivity index (χ2v) is 3.41. The van der Waals surface area contributed by atoms with Gasteiger partial charge in [-0.05, 0) is 22.0 Å². The molecule has 0 spiro atoms. The number of amides is 1. The number of aromatic nitrogens is 1. The lowest BCUT2D eigenvalue weighted by Gasteiger charge is -2.07. The molecule has 82 valence electrons. The Morgan fingerprint density at radius 1 is 1.60 bits per heavy atom. The molecular formula is C7H5BrF2N2O3. The third-order valence-electron chi connectivity index (χ3n) is 1.46. The fourth-order valence-electron chi connectivity index (χ4n) is 0.917.